The molecule has 2 aromatic rings. The topological polar surface area (TPSA) is 52.7 Å². The van der Waals surface area contributed by atoms with Gasteiger partial charge in [0.25, 0.3) is 5.91 Å². The first-order valence-corrected chi connectivity index (χ1v) is 9.93. The van der Waals surface area contributed by atoms with Crippen molar-refractivity contribution in [2.45, 2.75) is 31.7 Å². The van der Waals surface area contributed by atoms with Crippen molar-refractivity contribution in [3.05, 3.63) is 65.7 Å². The van der Waals surface area contributed by atoms with Crippen molar-refractivity contribution in [1.29, 1.82) is 0 Å². The van der Waals surface area contributed by atoms with Crippen LogP contribution in [0.3, 0.4) is 0 Å². The highest BCUT2D eigenvalue weighted by Gasteiger charge is 2.24. The molecule has 5 heteroatoms. The molecule has 0 aliphatic carbocycles. The number of hydrogen-bond donors (Lipinski definition) is 1. The second-order valence-corrected chi connectivity index (χ2v) is 7.56. The number of carbonyl (C=O) groups excluding carboxylic acids is 2. The van der Waals surface area contributed by atoms with E-state index in [9.17, 15) is 9.59 Å². The predicted molar refractivity (Wildman–Crippen MR) is 113 cm³/mol. The average molecular weight is 380 g/mol. The molecular formula is C23H29N3O2. The Balaban J connectivity index is 1.45. The summed E-state index contributed by atoms with van der Waals surface area (Å²) in [7, 11) is 3.94. The van der Waals surface area contributed by atoms with E-state index in [0.717, 1.165) is 30.5 Å². The Kier molecular flexibility index (Phi) is 6.69. The van der Waals surface area contributed by atoms with Gasteiger partial charge in [-0.3, -0.25) is 9.59 Å². The van der Waals surface area contributed by atoms with Crippen molar-refractivity contribution in [2.75, 3.05) is 32.1 Å². The van der Waals surface area contributed by atoms with Crippen molar-refractivity contribution in [2.24, 2.45) is 0 Å². The summed E-state index contributed by atoms with van der Waals surface area (Å²) in [6, 6.07) is 17.9. The van der Waals surface area contributed by atoms with Gasteiger partial charge in [-0.05, 0) is 43.0 Å². The summed E-state index contributed by atoms with van der Waals surface area (Å²) in [6.45, 7) is 1.35. The normalized spacial score (nSPS) is 14.6. The van der Waals surface area contributed by atoms with Gasteiger partial charge in [0.15, 0.2) is 0 Å². The van der Waals surface area contributed by atoms with Crippen LogP contribution in [0.25, 0.3) is 0 Å². The first kappa shape index (κ1) is 19.9. The molecule has 0 unspecified atom stereocenters. The smallest absolute Gasteiger partial charge is 0.253 e. The van der Waals surface area contributed by atoms with Crippen molar-refractivity contribution < 1.29 is 9.59 Å². The summed E-state index contributed by atoms with van der Waals surface area (Å²) >= 11 is 0. The molecule has 1 fully saturated rings. The van der Waals surface area contributed by atoms with E-state index in [-0.39, 0.29) is 17.9 Å². The number of aryl methyl sites for hydroxylation is 1. The first-order valence-electron chi connectivity index (χ1n) is 9.93. The molecular weight excluding hydrogens is 350 g/mol. The molecule has 1 saturated heterocycles. The third-order valence-electron chi connectivity index (χ3n) is 5.24. The number of carbonyl (C=O) groups is 2. The molecule has 1 heterocycles. The van der Waals surface area contributed by atoms with Gasteiger partial charge in [-0.25, -0.2) is 0 Å². The molecule has 0 atom stereocenters. The largest absolute Gasteiger partial charge is 0.378 e. The van der Waals surface area contributed by atoms with Gasteiger partial charge in [0.2, 0.25) is 5.91 Å². The summed E-state index contributed by atoms with van der Waals surface area (Å²) in [5.41, 5.74) is 2.92. The van der Waals surface area contributed by atoms with Crippen LogP contribution in [0.2, 0.25) is 0 Å². The Morgan fingerprint density at radius 2 is 1.75 bits per heavy atom. The first-order chi connectivity index (χ1) is 13.5. The maximum atomic E-state index is 12.8. The lowest BCUT2D eigenvalue weighted by Gasteiger charge is -2.32. The summed E-state index contributed by atoms with van der Waals surface area (Å²) in [5, 5.41) is 3.13. The van der Waals surface area contributed by atoms with Gasteiger partial charge in [-0.15, -0.1) is 0 Å². The Hall–Kier alpha value is -2.82. The van der Waals surface area contributed by atoms with Crippen LogP contribution in [0.15, 0.2) is 54.6 Å². The molecule has 0 radical (unpaired) electrons. The van der Waals surface area contributed by atoms with E-state index >= 15 is 0 Å². The molecule has 2 amide bonds. The SMILES string of the molecule is CN(C)c1cccc(C(=O)N2CCC(NC(=O)CCc3ccccc3)CC2)c1. The molecule has 0 bridgehead atoms. The minimum Gasteiger partial charge on any atom is -0.378 e. The van der Waals surface area contributed by atoms with E-state index in [1.54, 1.807) is 0 Å². The maximum Gasteiger partial charge on any atom is 0.253 e. The monoisotopic (exact) mass is 379 g/mol. The Labute approximate surface area is 167 Å². The van der Waals surface area contributed by atoms with Crippen molar-refractivity contribution in [3.63, 3.8) is 0 Å². The molecule has 0 spiro atoms. The van der Waals surface area contributed by atoms with Crippen LogP contribution in [0.1, 0.15) is 35.2 Å². The van der Waals surface area contributed by atoms with E-state index in [2.05, 4.69) is 5.32 Å². The Morgan fingerprint density at radius 1 is 1.04 bits per heavy atom. The molecule has 1 aliphatic heterocycles. The van der Waals surface area contributed by atoms with Gasteiger partial charge >= 0.3 is 0 Å². The molecule has 0 saturated carbocycles. The van der Waals surface area contributed by atoms with Gasteiger partial charge in [-0.2, -0.15) is 0 Å². The molecule has 0 aromatic heterocycles. The number of piperidine rings is 1. The molecule has 2 aromatic carbocycles. The van der Waals surface area contributed by atoms with E-state index < -0.39 is 0 Å². The number of benzene rings is 2. The third-order valence-corrected chi connectivity index (χ3v) is 5.24. The maximum absolute atomic E-state index is 12.8. The number of amides is 2. The van der Waals surface area contributed by atoms with Crippen LogP contribution < -0.4 is 10.2 Å². The number of likely N-dealkylation sites (tertiary alicyclic amines) is 1. The van der Waals surface area contributed by atoms with Crippen molar-refractivity contribution >= 4 is 17.5 Å². The second-order valence-electron chi connectivity index (χ2n) is 7.56. The van der Waals surface area contributed by atoms with E-state index in [1.807, 2.05) is 78.5 Å². The fourth-order valence-corrected chi connectivity index (χ4v) is 3.53. The molecule has 3 rings (SSSR count). The van der Waals surface area contributed by atoms with Crippen LogP contribution >= 0.6 is 0 Å². The molecule has 148 valence electrons. The van der Waals surface area contributed by atoms with Crippen LogP contribution in [0.5, 0.6) is 0 Å². The fraction of sp³-hybridized carbons (Fsp3) is 0.391. The van der Waals surface area contributed by atoms with Gasteiger partial charge in [-0.1, -0.05) is 36.4 Å². The number of hydrogen-bond acceptors (Lipinski definition) is 3. The summed E-state index contributed by atoms with van der Waals surface area (Å²) in [6.07, 6.45) is 2.86. The highest BCUT2D eigenvalue weighted by molar-refractivity contribution is 5.95. The fourth-order valence-electron chi connectivity index (χ4n) is 3.53. The number of anilines is 1. The van der Waals surface area contributed by atoms with Gasteiger partial charge in [0.05, 0.1) is 0 Å². The standard InChI is InChI=1S/C23H29N3O2/c1-25(2)21-10-6-9-19(17-21)23(28)26-15-13-20(14-16-26)24-22(27)12-11-18-7-4-3-5-8-18/h3-10,17,20H,11-16H2,1-2H3,(H,24,27). The molecule has 1 aliphatic rings. The zero-order chi connectivity index (χ0) is 19.9. The average Bonchev–Trinajstić information content (AvgIpc) is 2.73. The summed E-state index contributed by atoms with van der Waals surface area (Å²) < 4.78 is 0. The van der Waals surface area contributed by atoms with Gasteiger partial charge < -0.3 is 15.1 Å². The van der Waals surface area contributed by atoms with E-state index in [0.29, 0.717) is 19.5 Å². The van der Waals surface area contributed by atoms with E-state index in [1.165, 1.54) is 5.56 Å². The van der Waals surface area contributed by atoms with E-state index in [4.69, 9.17) is 0 Å². The second kappa shape index (κ2) is 9.40. The highest BCUT2D eigenvalue weighted by Crippen LogP contribution is 2.18. The number of nitrogens with zero attached hydrogens (tertiary/aromatic N) is 2. The van der Waals surface area contributed by atoms with Crippen molar-refractivity contribution in [3.8, 4) is 0 Å². The van der Waals surface area contributed by atoms with Crippen molar-refractivity contribution in [1.82, 2.24) is 10.2 Å². The van der Waals surface area contributed by atoms with Gasteiger partial charge in [0, 0.05) is 50.9 Å². The van der Waals surface area contributed by atoms with Crippen LogP contribution in [-0.2, 0) is 11.2 Å². The summed E-state index contributed by atoms with van der Waals surface area (Å²) in [4.78, 5) is 28.9. The molecule has 1 N–H and O–H groups in total. The zero-order valence-corrected chi connectivity index (χ0v) is 16.7. The number of nitrogens with one attached hydrogen (secondary N) is 1. The van der Waals surface area contributed by atoms with Crippen LogP contribution in [0, 0.1) is 0 Å². The number of rotatable bonds is 6. The quantitative estimate of drug-likeness (QED) is 0.839. The Bertz CT molecular complexity index is 797. The predicted octanol–water partition coefficient (Wildman–Crippen LogP) is 3.11. The zero-order valence-electron chi connectivity index (χ0n) is 16.7. The lowest BCUT2D eigenvalue weighted by atomic mass is 10.0. The summed E-state index contributed by atoms with van der Waals surface area (Å²) in [5.74, 6) is 0.157. The lowest BCUT2D eigenvalue weighted by molar-refractivity contribution is -0.122. The van der Waals surface area contributed by atoms with Crippen LogP contribution in [0.4, 0.5) is 5.69 Å². The van der Waals surface area contributed by atoms with Crippen LogP contribution in [-0.4, -0.2) is 49.9 Å². The lowest BCUT2D eigenvalue weighted by Crippen LogP contribution is -2.46. The van der Waals surface area contributed by atoms with Gasteiger partial charge in [0.1, 0.15) is 0 Å². The minimum absolute atomic E-state index is 0.0672. The minimum atomic E-state index is 0.0672. The third kappa shape index (κ3) is 5.35. The molecule has 28 heavy (non-hydrogen) atoms. The Morgan fingerprint density at radius 3 is 2.43 bits per heavy atom. The molecule has 5 nitrogen and oxygen atoms in total. The highest BCUT2D eigenvalue weighted by atomic mass is 16.2.